The fourth-order valence-corrected chi connectivity index (χ4v) is 3.44. The Bertz CT molecular complexity index is 1260. The van der Waals surface area contributed by atoms with Crippen molar-refractivity contribution in [2.24, 2.45) is 0 Å². The van der Waals surface area contributed by atoms with E-state index in [-0.39, 0.29) is 5.91 Å². The number of hydrogen-bond acceptors (Lipinski definition) is 6. The highest BCUT2D eigenvalue weighted by molar-refractivity contribution is 6.03. The zero-order valence-corrected chi connectivity index (χ0v) is 20.2. The zero-order chi connectivity index (χ0) is 24.9. The number of para-hydroxylation sites is 1. The van der Waals surface area contributed by atoms with Gasteiger partial charge in [0.15, 0.2) is 11.5 Å². The lowest BCUT2D eigenvalue weighted by molar-refractivity contribution is -0.148. The second-order valence-corrected chi connectivity index (χ2v) is 8.46. The van der Waals surface area contributed by atoms with Gasteiger partial charge in [-0.2, -0.15) is 0 Å². The zero-order valence-electron chi connectivity index (χ0n) is 20.2. The summed E-state index contributed by atoms with van der Waals surface area (Å²) in [7, 11) is 4.63. The fraction of sp³-hybridized carbons (Fsp3) is 0.259. The molecule has 7 heteroatoms. The van der Waals surface area contributed by atoms with Crippen LogP contribution in [0.4, 0.5) is 0 Å². The highest BCUT2D eigenvalue weighted by atomic mass is 16.6. The van der Waals surface area contributed by atoms with Crippen LogP contribution in [0.2, 0.25) is 0 Å². The number of esters is 1. The number of hydrogen-bond donors (Lipinski definition) is 0. The molecule has 0 saturated carbocycles. The van der Waals surface area contributed by atoms with Crippen molar-refractivity contribution in [2.75, 3.05) is 21.3 Å². The van der Waals surface area contributed by atoms with Crippen molar-refractivity contribution in [1.82, 2.24) is 4.57 Å². The number of rotatable bonds is 7. The molecule has 3 aromatic rings. The first-order valence-corrected chi connectivity index (χ1v) is 10.7. The molecule has 0 N–H and O–H groups in total. The largest absolute Gasteiger partial charge is 0.496 e. The van der Waals surface area contributed by atoms with Crippen LogP contribution in [0.15, 0.2) is 54.7 Å². The molecule has 0 fully saturated rings. The molecule has 0 unspecified atom stereocenters. The van der Waals surface area contributed by atoms with Crippen LogP contribution in [0.5, 0.6) is 17.2 Å². The van der Waals surface area contributed by atoms with Gasteiger partial charge in [-0.05, 0) is 45.1 Å². The molecule has 0 bridgehead atoms. The molecule has 0 saturated heterocycles. The summed E-state index contributed by atoms with van der Waals surface area (Å²) in [5.41, 5.74) is 1.53. The minimum absolute atomic E-state index is 0.259. The molecule has 1 heterocycles. The van der Waals surface area contributed by atoms with E-state index in [9.17, 15) is 9.59 Å². The predicted molar refractivity (Wildman–Crippen MR) is 133 cm³/mol. The smallest absolute Gasteiger partial charge is 0.331 e. The molecule has 0 amide bonds. The first-order chi connectivity index (χ1) is 16.2. The molecular formula is C27H29NO6. The monoisotopic (exact) mass is 463 g/mol. The van der Waals surface area contributed by atoms with Crippen LogP contribution < -0.4 is 14.2 Å². The van der Waals surface area contributed by atoms with E-state index in [1.807, 2.05) is 45.0 Å². The van der Waals surface area contributed by atoms with E-state index >= 15 is 0 Å². The minimum atomic E-state index is -0.582. The van der Waals surface area contributed by atoms with E-state index in [1.54, 1.807) is 51.8 Å². The molecule has 0 aliphatic carbocycles. The Balaban J connectivity index is 1.94. The third kappa shape index (κ3) is 5.67. The molecule has 3 rings (SSSR count). The molecule has 1 aromatic heterocycles. The maximum atomic E-state index is 13.1. The number of benzene rings is 2. The maximum absolute atomic E-state index is 13.1. The number of carbonyl (C=O) groups excluding carboxylic acids is 2. The number of nitrogens with zero attached hydrogens (tertiary/aromatic N) is 1. The summed E-state index contributed by atoms with van der Waals surface area (Å²) in [5, 5.41) is 0.841. The summed E-state index contributed by atoms with van der Waals surface area (Å²) in [4.78, 5) is 25.2. The third-order valence-electron chi connectivity index (χ3n) is 4.93. The first-order valence-electron chi connectivity index (χ1n) is 10.7. The van der Waals surface area contributed by atoms with E-state index in [0.717, 1.165) is 16.5 Å². The molecule has 2 aromatic carbocycles. The number of carbonyl (C=O) groups is 2. The SMILES string of the molecule is COc1cc(OC)c(OC)cc1/C=C/C(=O)n1cc(/C=C/C(=O)OC(C)(C)C)c2ccccc21. The second kappa shape index (κ2) is 10.3. The molecule has 178 valence electrons. The Labute approximate surface area is 199 Å². The summed E-state index contributed by atoms with van der Waals surface area (Å²) < 4.78 is 23.0. The summed E-state index contributed by atoms with van der Waals surface area (Å²) in [5.74, 6) is 0.887. The Morgan fingerprint density at radius 3 is 2.09 bits per heavy atom. The Hall–Kier alpha value is -4.00. The molecule has 34 heavy (non-hydrogen) atoms. The fourth-order valence-electron chi connectivity index (χ4n) is 3.44. The molecule has 0 atom stereocenters. The van der Waals surface area contributed by atoms with Gasteiger partial charge < -0.3 is 18.9 Å². The molecular weight excluding hydrogens is 434 g/mol. The van der Waals surface area contributed by atoms with Crippen molar-refractivity contribution in [3.63, 3.8) is 0 Å². The van der Waals surface area contributed by atoms with Crippen molar-refractivity contribution < 1.29 is 28.5 Å². The quantitative estimate of drug-likeness (QED) is 0.346. The predicted octanol–water partition coefficient (Wildman–Crippen LogP) is 5.38. The average Bonchev–Trinajstić information content (AvgIpc) is 3.18. The van der Waals surface area contributed by atoms with Crippen LogP contribution in [0.25, 0.3) is 23.1 Å². The number of aromatic nitrogens is 1. The van der Waals surface area contributed by atoms with Gasteiger partial charge in [-0.25, -0.2) is 4.79 Å². The van der Waals surface area contributed by atoms with E-state index in [0.29, 0.717) is 22.8 Å². The number of ether oxygens (including phenoxy) is 4. The number of allylic oxidation sites excluding steroid dienone is 1. The number of methoxy groups -OCH3 is 3. The average molecular weight is 464 g/mol. The Morgan fingerprint density at radius 2 is 1.44 bits per heavy atom. The van der Waals surface area contributed by atoms with Crippen molar-refractivity contribution in [1.29, 1.82) is 0 Å². The van der Waals surface area contributed by atoms with Crippen molar-refractivity contribution in [3.05, 3.63) is 65.9 Å². The van der Waals surface area contributed by atoms with Crippen LogP contribution >= 0.6 is 0 Å². The molecule has 0 aliphatic heterocycles. The van der Waals surface area contributed by atoms with Crippen molar-refractivity contribution >= 4 is 34.9 Å². The maximum Gasteiger partial charge on any atom is 0.331 e. The van der Waals surface area contributed by atoms with Crippen LogP contribution in [-0.4, -0.2) is 43.4 Å². The van der Waals surface area contributed by atoms with Gasteiger partial charge in [0.05, 0.1) is 26.8 Å². The highest BCUT2D eigenvalue weighted by Crippen LogP contribution is 2.35. The summed E-state index contributed by atoms with van der Waals surface area (Å²) in [6, 6.07) is 10.9. The van der Waals surface area contributed by atoms with Crippen LogP contribution in [0.1, 0.15) is 36.7 Å². The molecule has 0 aliphatic rings. The van der Waals surface area contributed by atoms with Gasteiger partial charge in [-0.3, -0.25) is 9.36 Å². The van der Waals surface area contributed by atoms with E-state index in [4.69, 9.17) is 18.9 Å². The Morgan fingerprint density at radius 1 is 0.824 bits per heavy atom. The second-order valence-electron chi connectivity index (χ2n) is 8.46. The van der Waals surface area contributed by atoms with E-state index in [2.05, 4.69) is 0 Å². The normalized spacial score (nSPS) is 11.8. The molecule has 0 spiro atoms. The summed E-state index contributed by atoms with van der Waals surface area (Å²) >= 11 is 0. The molecule has 0 radical (unpaired) electrons. The highest BCUT2D eigenvalue weighted by Gasteiger charge is 2.15. The van der Waals surface area contributed by atoms with Gasteiger partial charge in [-0.15, -0.1) is 0 Å². The standard InChI is InChI=1S/C27H29NO6/c1-27(2,3)34-26(30)14-12-19-17-28(21-10-8-7-9-20(19)21)25(29)13-11-18-15-23(32-5)24(33-6)16-22(18)31-4/h7-17H,1-6H3/b13-11+,14-12+. The lowest BCUT2D eigenvalue weighted by Gasteiger charge is -2.17. The van der Waals surface area contributed by atoms with Crippen molar-refractivity contribution in [3.8, 4) is 17.2 Å². The van der Waals surface area contributed by atoms with Gasteiger partial charge >= 0.3 is 5.97 Å². The van der Waals surface area contributed by atoms with E-state index < -0.39 is 11.6 Å². The molecule has 7 nitrogen and oxygen atoms in total. The Kier molecular flexibility index (Phi) is 7.46. The van der Waals surface area contributed by atoms with Crippen molar-refractivity contribution in [2.45, 2.75) is 26.4 Å². The minimum Gasteiger partial charge on any atom is -0.496 e. The first kappa shape index (κ1) is 24.6. The summed E-state index contributed by atoms with van der Waals surface area (Å²) in [6.07, 6.45) is 7.84. The van der Waals surface area contributed by atoms with Gasteiger partial charge in [0.25, 0.3) is 5.91 Å². The van der Waals surface area contributed by atoms with Crippen LogP contribution in [0.3, 0.4) is 0 Å². The van der Waals surface area contributed by atoms with Gasteiger partial charge in [0, 0.05) is 40.9 Å². The lowest BCUT2D eigenvalue weighted by atomic mass is 10.1. The van der Waals surface area contributed by atoms with Crippen LogP contribution in [-0.2, 0) is 9.53 Å². The van der Waals surface area contributed by atoms with Gasteiger partial charge in [0.1, 0.15) is 11.4 Å². The van der Waals surface area contributed by atoms with Gasteiger partial charge in [-0.1, -0.05) is 18.2 Å². The lowest BCUT2D eigenvalue weighted by Crippen LogP contribution is -2.22. The van der Waals surface area contributed by atoms with Crippen LogP contribution in [0, 0.1) is 0 Å². The van der Waals surface area contributed by atoms with Gasteiger partial charge in [0.2, 0.25) is 0 Å². The topological polar surface area (TPSA) is 76.0 Å². The number of fused-ring (bicyclic) bond motifs is 1. The third-order valence-corrected chi connectivity index (χ3v) is 4.93. The van der Waals surface area contributed by atoms with E-state index in [1.165, 1.54) is 16.7 Å². The summed E-state index contributed by atoms with van der Waals surface area (Å²) in [6.45, 7) is 5.43.